The lowest BCUT2D eigenvalue weighted by molar-refractivity contribution is -0.134. The van der Waals surface area contributed by atoms with Gasteiger partial charge in [0, 0.05) is 49.3 Å². The van der Waals surface area contributed by atoms with Gasteiger partial charge in [-0.15, -0.1) is 0 Å². The van der Waals surface area contributed by atoms with Crippen LogP contribution in [0.4, 0.5) is 27.5 Å². The third-order valence-electron chi connectivity index (χ3n) is 8.88. The summed E-state index contributed by atoms with van der Waals surface area (Å²) in [6.07, 6.45) is 2.03. The monoisotopic (exact) mass is 702 g/mol. The Morgan fingerprint density at radius 1 is 0.980 bits per heavy atom. The Bertz CT molecular complexity index is 1650. The van der Waals surface area contributed by atoms with Crippen molar-refractivity contribution in [1.29, 1.82) is 0 Å². The van der Waals surface area contributed by atoms with Crippen molar-refractivity contribution >= 4 is 46.5 Å². The van der Waals surface area contributed by atoms with Crippen molar-refractivity contribution < 1.29 is 33.8 Å². The van der Waals surface area contributed by atoms with Crippen LogP contribution in [0.25, 0.3) is 0 Å². The second-order valence-corrected chi connectivity index (χ2v) is 13.0. The van der Waals surface area contributed by atoms with Crippen molar-refractivity contribution in [3.63, 3.8) is 0 Å². The van der Waals surface area contributed by atoms with Gasteiger partial charge in [-0.25, -0.2) is 4.79 Å². The van der Waals surface area contributed by atoms with Gasteiger partial charge in [-0.1, -0.05) is 25.5 Å². The van der Waals surface area contributed by atoms with Crippen molar-refractivity contribution in [2.24, 2.45) is 5.92 Å². The number of carbonyl (C=O) groups excluding carboxylic acids is 4. The highest BCUT2D eigenvalue weighted by Gasteiger charge is 2.32. The number of aliphatic hydroxyl groups is 1. The molecule has 274 valence electrons. The summed E-state index contributed by atoms with van der Waals surface area (Å²) in [6, 6.07) is 18.5. The average Bonchev–Trinajstić information content (AvgIpc) is 3.16. The summed E-state index contributed by atoms with van der Waals surface area (Å²) in [5.74, 6) is 0.470. The molecule has 51 heavy (non-hydrogen) atoms. The summed E-state index contributed by atoms with van der Waals surface area (Å²) < 4.78 is 11.7. The third-order valence-corrected chi connectivity index (χ3v) is 8.88. The number of urea groups is 1. The lowest BCUT2D eigenvalue weighted by atomic mass is 10.0. The number of para-hydroxylation sites is 2. The minimum Gasteiger partial charge on any atom is -0.497 e. The highest BCUT2D eigenvalue weighted by atomic mass is 16.5. The van der Waals surface area contributed by atoms with Gasteiger partial charge >= 0.3 is 6.03 Å². The molecule has 3 aromatic carbocycles. The van der Waals surface area contributed by atoms with Crippen LogP contribution < -0.4 is 31.2 Å². The summed E-state index contributed by atoms with van der Waals surface area (Å²) in [5, 5.41) is 18.6. The minimum atomic E-state index is -0.498. The average molecular weight is 703 g/mol. The maximum atomic E-state index is 13.6. The number of methoxy groups -OCH3 is 1. The summed E-state index contributed by atoms with van der Waals surface area (Å²) in [7, 11) is 3.25. The number of nitrogens with one attached hydrogen (secondary N) is 3. The Labute approximate surface area is 299 Å². The molecule has 3 atom stereocenters. The molecule has 0 bridgehead atoms. The number of benzene rings is 3. The van der Waals surface area contributed by atoms with Gasteiger partial charge < -0.3 is 46.1 Å². The van der Waals surface area contributed by atoms with Crippen LogP contribution in [0.15, 0.2) is 66.7 Å². The number of ether oxygens (including phenoxy) is 2. The maximum absolute atomic E-state index is 13.6. The van der Waals surface area contributed by atoms with Crippen LogP contribution in [0.5, 0.6) is 11.5 Å². The molecule has 6 N–H and O–H groups in total. The number of aliphatic hydroxyl groups excluding tert-OH is 1. The predicted molar refractivity (Wildman–Crippen MR) is 198 cm³/mol. The number of nitrogens with two attached hydrogens (primary N) is 1. The van der Waals surface area contributed by atoms with E-state index in [2.05, 4.69) is 16.0 Å². The molecule has 0 aromatic heterocycles. The number of hydrogen-bond acceptors (Lipinski definition) is 8. The van der Waals surface area contributed by atoms with Gasteiger partial charge in [0.25, 0.3) is 0 Å². The number of carbonyl (C=O) groups is 4. The highest BCUT2D eigenvalue weighted by Crippen LogP contribution is 2.30. The van der Waals surface area contributed by atoms with E-state index in [9.17, 15) is 24.3 Å². The molecule has 0 aliphatic carbocycles. The second-order valence-electron chi connectivity index (χ2n) is 13.0. The number of unbranched alkanes of at least 4 members (excludes halogenated alkanes) is 2. The van der Waals surface area contributed by atoms with E-state index in [1.807, 2.05) is 6.92 Å². The fourth-order valence-electron chi connectivity index (χ4n) is 5.77. The molecular formula is C38H50N6O7. The smallest absolute Gasteiger partial charge is 0.321 e. The quantitative estimate of drug-likeness (QED) is 0.114. The normalized spacial score (nSPS) is 16.3. The summed E-state index contributed by atoms with van der Waals surface area (Å²) in [4.78, 5) is 55.0. The third kappa shape index (κ3) is 11.4. The van der Waals surface area contributed by atoms with Crippen LogP contribution in [0, 0.1) is 5.92 Å². The Hall–Kier alpha value is -5.30. The highest BCUT2D eigenvalue weighted by molar-refractivity contribution is 5.94. The van der Waals surface area contributed by atoms with Crippen LogP contribution in [-0.2, 0) is 20.8 Å². The topological polar surface area (TPSA) is 176 Å². The first-order valence-corrected chi connectivity index (χ1v) is 17.3. The molecule has 0 saturated carbocycles. The molecule has 3 aromatic rings. The summed E-state index contributed by atoms with van der Waals surface area (Å²) >= 11 is 0. The molecule has 0 spiro atoms. The van der Waals surface area contributed by atoms with Crippen LogP contribution in [0.2, 0.25) is 0 Å². The van der Waals surface area contributed by atoms with Gasteiger partial charge in [0.15, 0.2) is 0 Å². The van der Waals surface area contributed by atoms with Gasteiger partial charge in [-0.3, -0.25) is 14.4 Å². The first kappa shape index (κ1) is 38.5. The SMILES string of the molecule is COc1ccc(NC(=O)N(C)C[C@@H]2Oc3ccc(NC(=O)CCCCCC(=O)Nc4ccccc4N)cc3CC(=O)N([C@@H](C)CO)C[C@H]2C)cc1. The zero-order chi connectivity index (χ0) is 36.9. The molecule has 13 nitrogen and oxygen atoms in total. The zero-order valence-corrected chi connectivity index (χ0v) is 29.8. The van der Waals surface area contributed by atoms with Gasteiger partial charge in [-0.2, -0.15) is 0 Å². The maximum Gasteiger partial charge on any atom is 0.321 e. The first-order chi connectivity index (χ1) is 24.5. The molecule has 13 heteroatoms. The van der Waals surface area contributed by atoms with Gasteiger partial charge in [0.05, 0.1) is 44.1 Å². The number of nitrogen functional groups attached to an aromatic ring is 1. The standard InChI is InChI=1S/C38H50N6O7/c1-25-22-44(26(2)24-45)37(48)21-27-20-29(40-35(46)12-6-5-7-13-36(47)42-32-11-9-8-10-31(32)39)16-19-33(27)51-34(25)23-43(3)38(49)41-28-14-17-30(50-4)18-15-28/h8-11,14-20,25-26,34,45H,5-7,12-13,21-24,39H2,1-4H3,(H,40,46)(H,41,49)(H,42,47)/t25-,26+,34+/m1/s1. The Morgan fingerprint density at radius 3 is 2.31 bits per heavy atom. The predicted octanol–water partition coefficient (Wildman–Crippen LogP) is 5.12. The zero-order valence-electron chi connectivity index (χ0n) is 29.8. The summed E-state index contributed by atoms with van der Waals surface area (Å²) in [6.45, 7) is 4.08. The number of amides is 5. The van der Waals surface area contributed by atoms with Crippen molar-refractivity contribution in [2.75, 3.05) is 55.5 Å². The molecule has 0 saturated heterocycles. The second kappa shape index (κ2) is 18.6. The number of anilines is 4. The van der Waals surface area contributed by atoms with Crippen molar-refractivity contribution in [3.05, 3.63) is 72.3 Å². The van der Waals surface area contributed by atoms with E-state index in [1.54, 1.807) is 92.7 Å². The fourth-order valence-corrected chi connectivity index (χ4v) is 5.77. The Morgan fingerprint density at radius 2 is 1.65 bits per heavy atom. The van der Waals surface area contributed by atoms with E-state index in [1.165, 1.54) is 4.90 Å². The number of fused-ring (bicyclic) bond motifs is 1. The van der Waals surface area contributed by atoms with E-state index < -0.39 is 12.1 Å². The van der Waals surface area contributed by atoms with Gasteiger partial charge in [0.1, 0.15) is 17.6 Å². The molecule has 5 amide bonds. The summed E-state index contributed by atoms with van der Waals surface area (Å²) in [5.41, 5.74) is 8.70. The largest absolute Gasteiger partial charge is 0.497 e. The van der Waals surface area contributed by atoms with Gasteiger partial charge in [-0.05, 0) is 74.4 Å². The Balaban J connectivity index is 1.37. The van der Waals surface area contributed by atoms with Crippen molar-refractivity contribution in [1.82, 2.24) is 9.80 Å². The van der Waals surface area contributed by atoms with Crippen molar-refractivity contribution in [2.45, 2.75) is 64.5 Å². The van der Waals surface area contributed by atoms with E-state index in [0.29, 0.717) is 72.0 Å². The fraction of sp³-hybridized carbons (Fsp3) is 0.421. The van der Waals surface area contributed by atoms with Crippen LogP contribution in [-0.4, -0.2) is 84.7 Å². The number of rotatable bonds is 14. The molecule has 1 aliphatic heterocycles. The Kier molecular flexibility index (Phi) is 14.1. The van der Waals surface area contributed by atoms with E-state index >= 15 is 0 Å². The molecule has 4 rings (SSSR count). The van der Waals surface area contributed by atoms with E-state index in [0.717, 1.165) is 0 Å². The lowest BCUT2D eigenvalue weighted by Gasteiger charge is -2.34. The van der Waals surface area contributed by atoms with Crippen molar-refractivity contribution in [3.8, 4) is 11.5 Å². The van der Waals surface area contributed by atoms with Crippen LogP contribution in [0.3, 0.4) is 0 Å². The van der Waals surface area contributed by atoms with Crippen LogP contribution in [0.1, 0.15) is 51.5 Å². The van der Waals surface area contributed by atoms with Gasteiger partial charge in [0.2, 0.25) is 17.7 Å². The number of hydrogen-bond donors (Lipinski definition) is 5. The molecule has 1 heterocycles. The number of nitrogens with zero attached hydrogens (tertiary/aromatic N) is 2. The molecule has 0 radical (unpaired) electrons. The van der Waals surface area contributed by atoms with E-state index in [-0.39, 0.29) is 55.7 Å². The molecule has 1 aliphatic rings. The molecular weight excluding hydrogens is 652 g/mol. The van der Waals surface area contributed by atoms with Crippen LogP contribution >= 0.6 is 0 Å². The minimum absolute atomic E-state index is 0.00726. The molecule has 0 unspecified atom stereocenters. The number of likely N-dealkylation sites (N-methyl/N-ethyl adjacent to an activating group) is 1. The molecule has 0 fully saturated rings. The van der Waals surface area contributed by atoms with E-state index in [4.69, 9.17) is 15.2 Å². The lowest BCUT2D eigenvalue weighted by Crippen LogP contribution is -2.48. The first-order valence-electron chi connectivity index (χ1n) is 17.3.